The smallest absolute Gasteiger partial charge is 0.308 e. The van der Waals surface area contributed by atoms with Crippen molar-refractivity contribution in [2.24, 2.45) is 0 Å². The summed E-state index contributed by atoms with van der Waals surface area (Å²) in [6.45, 7) is 5.67. The molecule has 0 amide bonds. The topological polar surface area (TPSA) is 26.3 Å². The van der Waals surface area contributed by atoms with Crippen molar-refractivity contribution in [1.82, 2.24) is 0 Å². The first kappa shape index (κ1) is 10.8. The van der Waals surface area contributed by atoms with Crippen molar-refractivity contribution in [2.75, 3.05) is 0 Å². The van der Waals surface area contributed by atoms with E-state index in [2.05, 4.69) is 13.8 Å². The lowest BCUT2D eigenvalue weighted by atomic mass is 9.98. The van der Waals surface area contributed by atoms with Gasteiger partial charge in [0.25, 0.3) is 0 Å². The fourth-order valence-electron chi connectivity index (χ4n) is 1.36. The summed E-state index contributed by atoms with van der Waals surface area (Å²) < 4.78 is 5.13. The predicted octanol–water partition coefficient (Wildman–Crippen LogP) is 3.13. The fourth-order valence-corrected chi connectivity index (χ4v) is 1.36. The van der Waals surface area contributed by atoms with E-state index in [1.165, 1.54) is 6.92 Å². The number of para-hydroxylation sites is 1. The molecule has 0 aliphatic rings. The Bertz CT molecular complexity index is 318. The highest BCUT2D eigenvalue weighted by atomic mass is 16.5. The van der Waals surface area contributed by atoms with Crippen molar-refractivity contribution >= 4 is 5.97 Å². The molecule has 2 nitrogen and oxygen atoms in total. The molecule has 0 heterocycles. The SMILES string of the molecule is CCC(C)c1ccccc1OC(C)=O. The lowest BCUT2D eigenvalue weighted by Crippen LogP contribution is -2.05. The van der Waals surface area contributed by atoms with Gasteiger partial charge in [0.1, 0.15) is 5.75 Å². The molecule has 14 heavy (non-hydrogen) atoms. The monoisotopic (exact) mass is 192 g/mol. The number of ether oxygens (including phenoxy) is 1. The highest BCUT2D eigenvalue weighted by Gasteiger charge is 2.10. The van der Waals surface area contributed by atoms with Crippen LogP contribution in [0.2, 0.25) is 0 Å². The molecule has 1 atom stereocenters. The number of hydrogen-bond acceptors (Lipinski definition) is 2. The summed E-state index contributed by atoms with van der Waals surface area (Å²) in [5.41, 5.74) is 1.10. The molecule has 0 saturated carbocycles. The van der Waals surface area contributed by atoms with Crippen LogP contribution < -0.4 is 4.74 Å². The van der Waals surface area contributed by atoms with E-state index in [9.17, 15) is 4.79 Å². The van der Waals surface area contributed by atoms with E-state index in [1.807, 2.05) is 24.3 Å². The first-order valence-corrected chi connectivity index (χ1v) is 4.92. The lowest BCUT2D eigenvalue weighted by Gasteiger charge is -2.13. The molecule has 0 bridgehead atoms. The third kappa shape index (κ3) is 2.59. The Morgan fingerprint density at radius 1 is 1.43 bits per heavy atom. The fraction of sp³-hybridized carbons (Fsp3) is 0.417. The van der Waals surface area contributed by atoms with Crippen LogP contribution in [-0.2, 0) is 4.79 Å². The average Bonchev–Trinajstić information content (AvgIpc) is 2.16. The minimum Gasteiger partial charge on any atom is -0.426 e. The van der Waals surface area contributed by atoms with Gasteiger partial charge < -0.3 is 4.74 Å². The number of hydrogen-bond donors (Lipinski definition) is 0. The number of carbonyl (C=O) groups excluding carboxylic acids is 1. The summed E-state index contributed by atoms with van der Waals surface area (Å²) in [6, 6.07) is 7.69. The van der Waals surface area contributed by atoms with Gasteiger partial charge in [-0.2, -0.15) is 0 Å². The second kappa shape index (κ2) is 4.80. The molecule has 2 heteroatoms. The molecular formula is C12H16O2. The van der Waals surface area contributed by atoms with Crippen LogP contribution >= 0.6 is 0 Å². The van der Waals surface area contributed by atoms with E-state index in [0.717, 1.165) is 12.0 Å². The zero-order chi connectivity index (χ0) is 10.6. The third-order valence-electron chi connectivity index (χ3n) is 2.32. The Labute approximate surface area is 84.9 Å². The van der Waals surface area contributed by atoms with Gasteiger partial charge in [-0.15, -0.1) is 0 Å². The van der Waals surface area contributed by atoms with E-state index in [4.69, 9.17) is 4.74 Å². The molecule has 0 radical (unpaired) electrons. The molecule has 0 aliphatic heterocycles. The van der Waals surface area contributed by atoms with Gasteiger partial charge in [0.15, 0.2) is 0 Å². The third-order valence-corrected chi connectivity index (χ3v) is 2.32. The Hall–Kier alpha value is -1.31. The van der Waals surface area contributed by atoms with E-state index >= 15 is 0 Å². The molecule has 76 valence electrons. The van der Waals surface area contributed by atoms with Crippen LogP contribution in [0.4, 0.5) is 0 Å². The van der Waals surface area contributed by atoms with Gasteiger partial charge in [0, 0.05) is 6.92 Å². The van der Waals surface area contributed by atoms with Gasteiger partial charge in [-0.05, 0) is 24.0 Å². The number of carbonyl (C=O) groups is 1. The molecule has 0 aliphatic carbocycles. The Balaban J connectivity index is 2.96. The Kier molecular flexibility index (Phi) is 3.69. The second-order valence-corrected chi connectivity index (χ2v) is 3.44. The second-order valence-electron chi connectivity index (χ2n) is 3.44. The Morgan fingerprint density at radius 3 is 2.64 bits per heavy atom. The first-order chi connectivity index (χ1) is 6.65. The summed E-state index contributed by atoms with van der Waals surface area (Å²) in [4.78, 5) is 10.9. The molecule has 1 aromatic carbocycles. The van der Waals surface area contributed by atoms with Crippen molar-refractivity contribution in [3.63, 3.8) is 0 Å². The molecular weight excluding hydrogens is 176 g/mol. The molecule has 0 N–H and O–H groups in total. The van der Waals surface area contributed by atoms with Crippen LogP contribution in [0.15, 0.2) is 24.3 Å². The van der Waals surface area contributed by atoms with Crippen molar-refractivity contribution in [3.8, 4) is 5.75 Å². The molecule has 0 fully saturated rings. The molecule has 0 spiro atoms. The van der Waals surface area contributed by atoms with Gasteiger partial charge in [-0.25, -0.2) is 0 Å². The standard InChI is InChI=1S/C12H16O2/c1-4-9(2)11-7-5-6-8-12(11)14-10(3)13/h5-9H,4H2,1-3H3. The van der Waals surface area contributed by atoms with E-state index in [-0.39, 0.29) is 5.97 Å². The quantitative estimate of drug-likeness (QED) is 0.543. The van der Waals surface area contributed by atoms with Gasteiger partial charge in [0.2, 0.25) is 0 Å². The molecule has 1 unspecified atom stereocenters. The van der Waals surface area contributed by atoms with Gasteiger partial charge in [0.05, 0.1) is 0 Å². The van der Waals surface area contributed by atoms with Crippen molar-refractivity contribution in [2.45, 2.75) is 33.1 Å². The average molecular weight is 192 g/mol. The summed E-state index contributed by atoms with van der Waals surface area (Å²) in [6.07, 6.45) is 1.04. The highest BCUT2D eigenvalue weighted by Crippen LogP contribution is 2.28. The van der Waals surface area contributed by atoms with Crippen LogP contribution in [0.25, 0.3) is 0 Å². The van der Waals surface area contributed by atoms with Crippen molar-refractivity contribution in [3.05, 3.63) is 29.8 Å². The molecule has 1 aromatic rings. The highest BCUT2D eigenvalue weighted by molar-refractivity contribution is 5.69. The summed E-state index contributed by atoms with van der Waals surface area (Å²) >= 11 is 0. The zero-order valence-electron chi connectivity index (χ0n) is 8.91. The van der Waals surface area contributed by atoms with Crippen LogP contribution in [-0.4, -0.2) is 5.97 Å². The number of rotatable bonds is 3. The van der Waals surface area contributed by atoms with Gasteiger partial charge in [-0.3, -0.25) is 4.79 Å². The minimum atomic E-state index is -0.263. The van der Waals surface area contributed by atoms with E-state index in [1.54, 1.807) is 0 Å². The van der Waals surface area contributed by atoms with Crippen molar-refractivity contribution < 1.29 is 9.53 Å². The van der Waals surface area contributed by atoms with E-state index < -0.39 is 0 Å². The normalized spacial score (nSPS) is 12.2. The first-order valence-electron chi connectivity index (χ1n) is 4.92. The minimum absolute atomic E-state index is 0.263. The largest absolute Gasteiger partial charge is 0.426 e. The summed E-state index contributed by atoms with van der Waals surface area (Å²) in [5, 5.41) is 0. The van der Waals surface area contributed by atoms with Crippen LogP contribution in [0.1, 0.15) is 38.7 Å². The molecule has 0 saturated heterocycles. The van der Waals surface area contributed by atoms with Gasteiger partial charge in [-0.1, -0.05) is 32.0 Å². The molecule has 0 aromatic heterocycles. The predicted molar refractivity (Wildman–Crippen MR) is 56.5 cm³/mol. The van der Waals surface area contributed by atoms with Crippen LogP contribution in [0, 0.1) is 0 Å². The summed E-state index contributed by atoms with van der Waals surface area (Å²) in [7, 11) is 0. The number of esters is 1. The maximum atomic E-state index is 10.9. The zero-order valence-corrected chi connectivity index (χ0v) is 8.91. The maximum Gasteiger partial charge on any atom is 0.308 e. The number of benzene rings is 1. The lowest BCUT2D eigenvalue weighted by molar-refractivity contribution is -0.131. The Morgan fingerprint density at radius 2 is 2.07 bits per heavy atom. The van der Waals surface area contributed by atoms with Crippen LogP contribution in [0.5, 0.6) is 5.75 Å². The van der Waals surface area contributed by atoms with E-state index in [0.29, 0.717) is 11.7 Å². The van der Waals surface area contributed by atoms with Crippen LogP contribution in [0.3, 0.4) is 0 Å². The molecule has 1 rings (SSSR count). The van der Waals surface area contributed by atoms with Gasteiger partial charge >= 0.3 is 5.97 Å². The summed E-state index contributed by atoms with van der Waals surface area (Å²) in [5.74, 6) is 0.848. The van der Waals surface area contributed by atoms with Crippen molar-refractivity contribution in [1.29, 1.82) is 0 Å². The maximum absolute atomic E-state index is 10.9.